The average molecular weight is 237 g/mol. The highest BCUT2D eigenvalue weighted by Gasteiger charge is 2.36. The number of rotatable bonds is 2. The van der Waals surface area contributed by atoms with Crippen molar-refractivity contribution in [1.82, 2.24) is 5.32 Å². The highest BCUT2D eigenvalue weighted by molar-refractivity contribution is 5.28. The first kappa shape index (κ1) is 12.5. The summed E-state index contributed by atoms with van der Waals surface area (Å²) in [7, 11) is 0. The molecule has 0 saturated carbocycles. The number of benzene rings is 1. The van der Waals surface area contributed by atoms with E-state index in [-0.39, 0.29) is 11.7 Å². The third-order valence-electron chi connectivity index (χ3n) is 3.90. The van der Waals surface area contributed by atoms with Crippen LogP contribution in [0.1, 0.15) is 24.5 Å². The molecule has 94 valence electrons. The first-order valence-electron chi connectivity index (χ1n) is 6.19. The molecule has 0 aliphatic carbocycles. The first-order chi connectivity index (χ1) is 8.01. The van der Waals surface area contributed by atoms with Gasteiger partial charge in [-0.05, 0) is 49.1 Å². The average Bonchev–Trinajstić information content (AvgIpc) is 2.27. The third kappa shape index (κ3) is 2.67. The Bertz CT molecular complexity index is 407. The largest absolute Gasteiger partial charge is 0.389 e. The van der Waals surface area contributed by atoms with Crippen LogP contribution in [0.15, 0.2) is 18.2 Å². The van der Waals surface area contributed by atoms with E-state index in [1.54, 1.807) is 6.07 Å². The maximum atomic E-state index is 13.0. The summed E-state index contributed by atoms with van der Waals surface area (Å²) in [6.45, 7) is 5.65. The number of hydrogen-bond donors (Lipinski definition) is 2. The van der Waals surface area contributed by atoms with Crippen molar-refractivity contribution < 1.29 is 9.50 Å². The molecule has 3 heteroatoms. The lowest BCUT2D eigenvalue weighted by molar-refractivity contribution is -0.0330. The Morgan fingerprint density at radius 3 is 2.94 bits per heavy atom. The van der Waals surface area contributed by atoms with Crippen LogP contribution in [0.5, 0.6) is 0 Å². The Labute approximate surface area is 102 Å². The molecule has 1 aliphatic rings. The maximum Gasteiger partial charge on any atom is 0.123 e. The van der Waals surface area contributed by atoms with Crippen molar-refractivity contribution >= 4 is 0 Å². The predicted octanol–water partition coefficient (Wildman–Crippen LogP) is 2.04. The van der Waals surface area contributed by atoms with Crippen molar-refractivity contribution in [3.05, 3.63) is 35.1 Å². The van der Waals surface area contributed by atoms with E-state index >= 15 is 0 Å². The van der Waals surface area contributed by atoms with E-state index in [1.165, 1.54) is 12.1 Å². The fourth-order valence-corrected chi connectivity index (χ4v) is 2.51. The van der Waals surface area contributed by atoms with Gasteiger partial charge in [0.25, 0.3) is 0 Å². The lowest BCUT2D eigenvalue weighted by Crippen LogP contribution is -2.50. The molecule has 0 amide bonds. The van der Waals surface area contributed by atoms with E-state index in [2.05, 4.69) is 12.2 Å². The summed E-state index contributed by atoms with van der Waals surface area (Å²) >= 11 is 0. The van der Waals surface area contributed by atoms with Crippen LogP contribution in [0.2, 0.25) is 0 Å². The van der Waals surface area contributed by atoms with Gasteiger partial charge in [0.05, 0.1) is 5.60 Å². The summed E-state index contributed by atoms with van der Waals surface area (Å²) in [5, 5.41) is 13.9. The van der Waals surface area contributed by atoms with E-state index in [9.17, 15) is 9.50 Å². The maximum absolute atomic E-state index is 13.0. The number of nitrogens with one attached hydrogen (secondary N) is 1. The minimum absolute atomic E-state index is 0.211. The van der Waals surface area contributed by atoms with Crippen LogP contribution in [-0.4, -0.2) is 23.8 Å². The van der Waals surface area contributed by atoms with Crippen LogP contribution in [0.25, 0.3) is 0 Å². The number of piperidine rings is 1. The van der Waals surface area contributed by atoms with Crippen LogP contribution in [0.4, 0.5) is 4.39 Å². The smallest absolute Gasteiger partial charge is 0.123 e. The molecule has 2 unspecified atom stereocenters. The minimum atomic E-state index is -0.659. The number of aryl methyl sites for hydroxylation is 1. The predicted molar refractivity (Wildman–Crippen MR) is 66.4 cm³/mol. The van der Waals surface area contributed by atoms with Crippen LogP contribution < -0.4 is 5.32 Å². The van der Waals surface area contributed by atoms with Gasteiger partial charge in [-0.15, -0.1) is 0 Å². The van der Waals surface area contributed by atoms with Gasteiger partial charge in [0.1, 0.15) is 5.82 Å². The fourth-order valence-electron chi connectivity index (χ4n) is 2.51. The lowest BCUT2D eigenvalue weighted by atomic mass is 9.78. The van der Waals surface area contributed by atoms with Crippen LogP contribution in [0, 0.1) is 18.7 Å². The molecule has 0 radical (unpaired) electrons. The first-order valence-corrected chi connectivity index (χ1v) is 6.19. The molecule has 17 heavy (non-hydrogen) atoms. The summed E-state index contributed by atoms with van der Waals surface area (Å²) < 4.78 is 13.0. The van der Waals surface area contributed by atoms with Gasteiger partial charge in [-0.3, -0.25) is 0 Å². The van der Waals surface area contributed by atoms with Crippen molar-refractivity contribution in [1.29, 1.82) is 0 Å². The van der Waals surface area contributed by atoms with E-state index in [0.29, 0.717) is 6.42 Å². The molecule has 1 aromatic rings. The molecule has 1 aromatic carbocycles. The molecule has 0 spiro atoms. The number of aliphatic hydroxyl groups is 1. The van der Waals surface area contributed by atoms with Gasteiger partial charge in [-0.1, -0.05) is 13.0 Å². The Balaban J connectivity index is 2.19. The van der Waals surface area contributed by atoms with E-state index in [0.717, 1.165) is 30.6 Å². The van der Waals surface area contributed by atoms with E-state index < -0.39 is 5.60 Å². The topological polar surface area (TPSA) is 32.3 Å². The Kier molecular flexibility index (Phi) is 3.50. The molecule has 1 heterocycles. The van der Waals surface area contributed by atoms with Crippen LogP contribution in [0.3, 0.4) is 0 Å². The third-order valence-corrected chi connectivity index (χ3v) is 3.90. The molecule has 2 nitrogen and oxygen atoms in total. The van der Waals surface area contributed by atoms with Crippen molar-refractivity contribution in [2.45, 2.75) is 32.3 Å². The molecule has 0 bridgehead atoms. The Hall–Kier alpha value is -0.930. The summed E-state index contributed by atoms with van der Waals surface area (Å²) in [6.07, 6.45) is 1.37. The highest BCUT2D eigenvalue weighted by atomic mass is 19.1. The second kappa shape index (κ2) is 4.75. The van der Waals surface area contributed by atoms with E-state index in [1.807, 2.05) is 6.92 Å². The summed E-state index contributed by atoms with van der Waals surface area (Å²) in [5.41, 5.74) is 1.31. The normalized spacial score (nSPS) is 29.3. The standard InChI is InChI=1S/C14H20FNO/c1-10-7-13(15)4-3-12(10)8-14(17)5-6-16-9-11(14)2/h3-4,7,11,16-17H,5-6,8-9H2,1-2H3. The van der Waals surface area contributed by atoms with Crippen LogP contribution in [-0.2, 0) is 6.42 Å². The zero-order valence-electron chi connectivity index (χ0n) is 10.5. The van der Waals surface area contributed by atoms with Gasteiger partial charge in [0.15, 0.2) is 0 Å². The lowest BCUT2D eigenvalue weighted by Gasteiger charge is -2.39. The molecular formula is C14H20FNO. The molecule has 2 atom stereocenters. The van der Waals surface area contributed by atoms with Gasteiger partial charge in [0, 0.05) is 13.0 Å². The van der Waals surface area contributed by atoms with E-state index in [4.69, 9.17) is 0 Å². The van der Waals surface area contributed by atoms with Crippen molar-refractivity contribution in [3.63, 3.8) is 0 Å². The molecule has 2 rings (SSSR count). The van der Waals surface area contributed by atoms with Gasteiger partial charge >= 0.3 is 0 Å². The quantitative estimate of drug-likeness (QED) is 0.825. The second-order valence-electron chi connectivity index (χ2n) is 5.21. The van der Waals surface area contributed by atoms with Gasteiger partial charge in [-0.2, -0.15) is 0 Å². The Morgan fingerprint density at radius 2 is 2.29 bits per heavy atom. The van der Waals surface area contributed by atoms with Crippen molar-refractivity contribution in [3.8, 4) is 0 Å². The van der Waals surface area contributed by atoms with Gasteiger partial charge in [-0.25, -0.2) is 4.39 Å². The fraction of sp³-hybridized carbons (Fsp3) is 0.571. The zero-order chi connectivity index (χ0) is 12.5. The van der Waals surface area contributed by atoms with Crippen molar-refractivity contribution in [2.24, 2.45) is 5.92 Å². The monoisotopic (exact) mass is 237 g/mol. The summed E-state index contributed by atoms with van der Waals surface area (Å²) in [4.78, 5) is 0. The molecule has 1 saturated heterocycles. The molecule has 2 N–H and O–H groups in total. The number of hydrogen-bond acceptors (Lipinski definition) is 2. The molecule has 0 aromatic heterocycles. The number of halogens is 1. The Morgan fingerprint density at radius 1 is 1.53 bits per heavy atom. The van der Waals surface area contributed by atoms with Crippen LogP contribution >= 0.6 is 0 Å². The van der Waals surface area contributed by atoms with Gasteiger partial charge in [0.2, 0.25) is 0 Å². The SMILES string of the molecule is Cc1cc(F)ccc1CC1(O)CCNCC1C. The molecule has 1 fully saturated rings. The van der Waals surface area contributed by atoms with Gasteiger partial charge < -0.3 is 10.4 Å². The van der Waals surface area contributed by atoms with Crippen molar-refractivity contribution in [2.75, 3.05) is 13.1 Å². The molecular weight excluding hydrogens is 217 g/mol. The molecule has 1 aliphatic heterocycles. The minimum Gasteiger partial charge on any atom is -0.389 e. The summed E-state index contributed by atoms with van der Waals surface area (Å²) in [5.74, 6) is 0.0114. The second-order valence-corrected chi connectivity index (χ2v) is 5.21. The zero-order valence-corrected chi connectivity index (χ0v) is 10.5. The highest BCUT2D eigenvalue weighted by Crippen LogP contribution is 2.29. The summed E-state index contributed by atoms with van der Waals surface area (Å²) in [6, 6.07) is 4.79.